The van der Waals surface area contributed by atoms with Crippen LogP contribution in [0.1, 0.15) is 42.1 Å². The van der Waals surface area contributed by atoms with E-state index in [1.807, 2.05) is 12.3 Å². The van der Waals surface area contributed by atoms with Gasteiger partial charge in [0.05, 0.1) is 0 Å². The molecule has 1 aromatic carbocycles. The molecule has 1 heterocycles. The first-order chi connectivity index (χ1) is 10.2. The summed E-state index contributed by atoms with van der Waals surface area (Å²) < 4.78 is 2.21. The van der Waals surface area contributed by atoms with Crippen LogP contribution >= 0.6 is 31.9 Å². The van der Waals surface area contributed by atoms with Gasteiger partial charge in [-0.3, -0.25) is 4.98 Å². The van der Waals surface area contributed by atoms with Crippen LogP contribution in [-0.4, -0.2) is 11.5 Å². The van der Waals surface area contributed by atoms with Crippen LogP contribution in [0.3, 0.4) is 0 Å². The van der Waals surface area contributed by atoms with Crippen LogP contribution in [0.15, 0.2) is 45.5 Å². The maximum absolute atomic E-state index is 4.65. The van der Waals surface area contributed by atoms with Crippen LogP contribution in [0.25, 0.3) is 0 Å². The van der Waals surface area contributed by atoms with E-state index in [0.29, 0.717) is 12.0 Å². The second-order valence-corrected chi connectivity index (χ2v) is 7.26. The molecule has 2 unspecified atom stereocenters. The van der Waals surface area contributed by atoms with E-state index in [1.165, 1.54) is 16.8 Å². The van der Waals surface area contributed by atoms with Gasteiger partial charge in [-0.2, -0.15) is 0 Å². The van der Waals surface area contributed by atoms with Gasteiger partial charge in [0.2, 0.25) is 0 Å². The molecule has 0 bridgehead atoms. The first-order valence-electron chi connectivity index (χ1n) is 7.32. The zero-order chi connectivity index (χ0) is 14.8. The molecule has 0 amide bonds. The van der Waals surface area contributed by atoms with E-state index in [-0.39, 0.29) is 0 Å². The molecule has 1 aliphatic rings. The van der Waals surface area contributed by atoms with Gasteiger partial charge < -0.3 is 5.32 Å². The Kier molecular flexibility index (Phi) is 4.77. The summed E-state index contributed by atoms with van der Waals surface area (Å²) in [5.74, 6) is 0.447. The van der Waals surface area contributed by atoms with E-state index in [2.05, 4.69) is 73.3 Å². The number of hydrogen-bond acceptors (Lipinski definition) is 2. The fraction of sp³-hybridized carbons (Fsp3) is 0.353. The van der Waals surface area contributed by atoms with Gasteiger partial charge in [0.25, 0.3) is 0 Å². The van der Waals surface area contributed by atoms with E-state index in [1.54, 1.807) is 0 Å². The smallest absolute Gasteiger partial charge is 0.0485 e. The van der Waals surface area contributed by atoms with Gasteiger partial charge in [-0.25, -0.2) is 0 Å². The molecule has 0 radical (unpaired) electrons. The van der Waals surface area contributed by atoms with Crippen molar-refractivity contribution in [3.63, 3.8) is 0 Å². The zero-order valence-electron chi connectivity index (χ0n) is 11.9. The Bertz CT molecular complexity index is 622. The van der Waals surface area contributed by atoms with Crippen molar-refractivity contribution in [2.75, 3.05) is 6.54 Å². The number of likely N-dealkylation sites (N-methyl/N-ethyl adjacent to an activating group) is 1. The molecule has 2 aromatic rings. The highest BCUT2D eigenvalue weighted by Crippen LogP contribution is 2.41. The molecule has 21 heavy (non-hydrogen) atoms. The molecule has 0 aliphatic heterocycles. The summed E-state index contributed by atoms with van der Waals surface area (Å²) in [6.07, 6.45) is 4.20. The maximum atomic E-state index is 4.65. The third-order valence-corrected chi connectivity index (χ3v) is 4.99. The summed E-state index contributed by atoms with van der Waals surface area (Å²) in [6, 6.07) is 11.0. The molecule has 1 aromatic heterocycles. The molecule has 3 rings (SSSR count). The molecule has 0 fully saturated rings. The van der Waals surface area contributed by atoms with Crippen molar-refractivity contribution in [2.45, 2.75) is 31.7 Å². The van der Waals surface area contributed by atoms with Gasteiger partial charge in [0.15, 0.2) is 0 Å². The van der Waals surface area contributed by atoms with Crippen molar-refractivity contribution in [3.8, 4) is 0 Å². The quantitative estimate of drug-likeness (QED) is 0.769. The number of aryl methyl sites for hydroxylation is 1. The van der Waals surface area contributed by atoms with Crippen LogP contribution in [0.5, 0.6) is 0 Å². The average molecular weight is 410 g/mol. The number of nitrogens with one attached hydrogen (secondary N) is 1. The Morgan fingerprint density at radius 3 is 2.76 bits per heavy atom. The maximum Gasteiger partial charge on any atom is 0.0485 e. The van der Waals surface area contributed by atoms with Crippen molar-refractivity contribution in [3.05, 3.63) is 62.3 Å². The molecule has 0 saturated carbocycles. The number of rotatable bonds is 4. The number of aromatic nitrogens is 1. The Hall–Kier alpha value is -0.710. The minimum Gasteiger partial charge on any atom is -0.310 e. The van der Waals surface area contributed by atoms with Crippen LogP contribution < -0.4 is 5.32 Å². The minimum atomic E-state index is 0.306. The summed E-state index contributed by atoms with van der Waals surface area (Å²) in [6.45, 7) is 3.11. The molecule has 1 aliphatic carbocycles. The Labute approximate surface area is 142 Å². The van der Waals surface area contributed by atoms with Gasteiger partial charge in [-0.05, 0) is 54.8 Å². The van der Waals surface area contributed by atoms with Gasteiger partial charge in [-0.1, -0.05) is 44.8 Å². The fourth-order valence-electron chi connectivity index (χ4n) is 3.24. The van der Waals surface area contributed by atoms with Crippen LogP contribution in [0.2, 0.25) is 0 Å². The Balaban J connectivity index is 1.99. The summed E-state index contributed by atoms with van der Waals surface area (Å²) in [7, 11) is 0. The van der Waals surface area contributed by atoms with Crippen LogP contribution in [-0.2, 0) is 6.42 Å². The summed E-state index contributed by atoms with van der Waals surface area (Å²) in [5, 5.41) is 3.65. The summed E-state index contributed by atoms with van der Waals surface area (Å²) in [5.41, 5.74) is 3.97. The van der Waals surface area contributed by atoms with E-state index in [0.717, 1.165) is 28.3 Å². The monoisotopic (exact) mass is 408 g/mol. The molecule has 4 heteroatoms. The number of halogens is 2. The predicted octanol–water partition coefficient (Wildman–Crippen LogP) is 4.99. The molecular formula is C17H18Br2N2. The SMILES string of the molecule is CCNC(c1cc(Br)cc(Br)c1)C1CCc2cccnc21. The first kappa shape index (κ1) is 15.2. The number of nitrogens with zero attached hydrogens (tertiary/aromatic N) is 1. The summed E-state index contributed by atoms with van der Waals surface area (Å²) in [4.78, 5) is 4.65. The molecule has 2 atom stereocenters. The van der Waals surface area contributed by atoms with E-state index in [9.17, 15) is 0 Å². The largest absolute Gasteiger partial charge is 0.310 e. The van der Waals surface area contributed by atoms with Gasteiger partial charge in [0, 0.05) is 32.8 Å². The molecule has 0 spiro atoms. The fourth-order valence-corrected chi connectivity index (χ4v) is 4.56. The minimum absolute atomic E-state index is 0.306. The zero-order valence-corrected chi connectivity index (χ0v) is 15.1. The molecule has 1 N–H and O–H groups in total. The number of pyridine rings is 1. The number of fused-ring (bicyclic) bond motifs is 1. The molecule has 2 nitrogen and oxygen atoms in total. The van der Waals surface area contributed by atoms with Crippen molar-refractivity contribution >= 4 is 31.9 Å². The van der Waals surface area contributed by atoms with Gasteiger partial charge in [0.1, 0.15) is 0 Å². The Morgan fingerprint density at radius 2 is 2.05 bits per heavy atom. The van der Waals surface area contributed by atoms with E-state index < -0.39 is 0 Å². The molecule has 0 saturated heterocycles. The topological polar surface area (TPSA) is 24.9 Å². The van der Waals surface area contributed by atoms with E-state index in [4.69, 9.17) is 0 Å². The third-order valence-electron chi connectivity index (χ3n) is 4.07. The summed E-state index contributed by atoms with van der Waals surface area (Å²) >= 11 is 7.20. The standard InChI is InChI=1S/C17H18Br2N2/c1-2-20-17(12-8-13(18)10-14(19)9-12)15-6-5-11-4-3-7-21-16(11)15/h3-4,7-10,15,17,20H,2,5-6H2,1H3. The normalized spacial score (nSPS) is 18.5. The number of benzene rings is 1. The lowest BCUT2D eigenvalue weighted by atomic mass is 9.90. The highest BCUT2D eigenvalue weighted by Gasteiger charge is 2.31. The van der Waals surface area contributed by atoms with E-state index >= 15 is 0 Å². The molecule has 110 valence electrons. The average Bonchev–Trinajstić information content (AvgIpc) is 2.87. The Morgan fingerprint density at radius 1 is 1.29 bits per heavy atom. The van der Waals surface area contributed by atoms with Crippen molar-refractivity contribution < 1.29 is 0 Å². The van der Waals surface area contributed by atoms with Crippen molar-refractivity contribution in [1.29, 1.82) is 0 Å². The second-order valence-electron chi connectivity index (χ2n) is 5.43. The predicted molar refractivity (Wildman–Crippen MR) is 93.6 cm³/mol. The van der Waals surface area contributed by atoms with Gasteiger partial charge >= 0.3 is 0 Å². The first-order valence-corrected chi connectivity index (χ1v) is 8.90. The lowest BCUT2D eigenvalue weighted by Crippen LogP contribution is -2.26. The lowest BCUT2D eigenvalue weighted by molar-refractivity contribution is 0.447. The van der Waals surface area contributed by atoms with Gasteiger partial charge in [-0.15, -0.1) is 0 Å². The third kappa shape index (κ3) is 3.22. The van der Waals surface area contributed by atoms with Crippen molar-refractivity contribution in [1.82, 2.24) is 10.3 Å². The highest BCUT2D eigenvalue weighted by molar-refractivity contribution is 9.11. The second kappa shape index (κ2) is 6.59. The van der Waals surface area contributed by atoms with Crippen LogP contribution in [0.4, 0.5) is 0 Å². The highest BCUT2D eigenvalue weighted by atomic mass is 79.9. The van der Waals surface area contributed by atoms with Crippen molar-refractivity contribution in [2.24, 2.45) is 0 Å². The lowest BCUT2D eigenvalue weighted by Gasteiger charge is -2.25. The molecular weight excluding hydrogens is 392 g/mol. The van der Waals surface area contributed by atoms with Crippen LogP contribution in [0, 0.1) is 0 Å². The number of hydrogen-bond donors (Lipinski definition) is 1.